The van der Waals surface area contributed by atoms with E-state index in [-0.39, 0.29) is 5.41 Å². The summed E-state index contributed by atoms with van der Waals surface area (Å²) < 4.78 is 0. The van der Waals surface area contributed by atoms with E-state index in [0.29, 0.717) is 11.8 Å². The molecule has 0 fully saturated rings. The Morgan fingerprint density at radius 3 is 2.16 bits per heavy atom. The molecule has 0 radical (unpaired) electrons. The molecule has 0 spiro atoms. The van der Waals surface area contributed by atoms with Gasteiger partial charge in [0.2, 0.25) is 0 Å². The second-order valence-corrected chi connectivity index (χ2v) is 8.21. The zero-order chi connectivity index (χ0) is 17.6. The number of hydrogen-bond donors (Lipinski definition) is 0. The van der Waals surface area contributed by atoms with E-state index < -0.39 is 0 Å². The van der Waals surface area contributed by atoms with E-state index in [1.807, 2.05) is 0 Å². The molecule has 1 heterocycles. The summed E-state index contributed by atoms with van der Waals surface area (Å²) in [5.41, 5.74) is 2.59. The van der Waals surface area contributed by atoms with Crippen molar-refractivity contribution in [2.45, 2.75) is 39.0 Å². The van der Waals surface area contributed by atoms with Gasteiger partial charge in [-0.05, 0) is 45.2 Å². The smallest absolute Gasteiger partial charge is 0.0556 e. The van der Waals surface area contributed by atoms with Crippen LogP contribution in [-0.2, 0) is 5.41 Å². The lowest BCUT2D eigenvalue weighted by molar-refractivity contribution is 0.588. The Morgan fingerprint density at radius 1 is 0.880 bits per heavy atom. The molecule has 25 heavy (non-hydrogen) atoms. The highest BCUT2D eigenvalue weighted by Gasteiger charge is 2.24. The van der Waals surface area contributed by atoms with Crippen LogP contribution in [0.15, 0.2) is 66.9 Å². The van der Waals surface area contributed by atoms with Gasteiger partial charge in [-0.3, -0.25) is 4.98 Å². The molecule has 3 aromatic rings. The number of fused-ring (bicyclic) bond motifs is 2. The molecule has 1 aliphatic carbocycles. The Balaban J connectivity index is 2.06. The Labute approximate surface area is 150 Å². The number of hydrogen-bond acceptors (Lipinski definition) is 1. The van der Waals surface area contributed by atoms with Crippen molar-refractivity contribution in [1.82, 2.24) is 4.98 Å². The minimum atomic E-state index is 0.0696. The second kappa shape index (κ2) is 5.84. The molecule has 0 saturated carbocycles. The molecule has 1 heteroatoms. The van der Waals surface area contributed by atoms with Gasteiger partial charge in [0.25, 0.3) is 0 Å². The second-order valence-electron chi connectivity index (χ2n) is 8.21. The van der Waals surface area contributed by atoms with Gasteiger partial charge in [0.05, 0.1) is 5.69 Å². The zero-order valence-electron chi connectivity index (χ0n) is 15.5. The molecule has 4 rings (SSSR count). The van der Waals surface area contributed by atoms with Crippen LogP contribution in [-0.4, -0.2) is 4.98 Å². The number of benzene rings is 2. The van der Waals surface area contributed by atoms with Crippen molar-refractivity contribution in [2.24, 2.45) is 5.92 Å². The van der Waals surface area contributed by atoms with Crippen LogP contribution in [0.4, 0.5) is 0 Å². The molecular weight excluding hydrogens is 302 g/mol. The van der Waals surface area contributed by atoms with Gasteiger partial charge in [0, 0.05) is 17.5 Å². The van der Waals surface area contributed by atoms with Crippen LogP contribution >= 0.6 is 0 Å². The zero-order valence-corrected chi connectivity index (χ0v) is 15.5. The number of rotatable bonds is 1. The van der Waals surface area contributed by atoms with Gasteiger partial charge in [-0.1, -0.05) is 76.3 Å². The summed E-state index contributed by atoms with van der Waals surface area (Å²) in [5, 5.41) is 5.21. The third-order valence-corrected chi connectivity index (χ3v) is 5.32. The molecule has 1 aromatic heterocycles. The minimum absolute atomic E-state index is 0.0696. The molecule has 1 nitrogen and oxygen atoms in total. The van der Waals surface area contributed by atoms with Gasteiger partial charge in [0.1, 0.15) is 0 Å². The Kier molecular flexibility index (Phi) is 3.76. The molecule has 0 aliphatic heterocycles. The molecule has 0 N–H and O–H groups in total. The first-order valence-corrected chi connectivity index (χ1v) is 9.12. The van der Waals surface area contributed by atoms with Crippen molar-refractivity contribution in [2.75, 3.05) is 0 Å². The van der Waals surface area contributed by atoms with Crippen LogP contribution in [0.2, 0.25) is 0 Å². The third kappa shape index (κ3) is 2.78. The van der Waals surface area contributed by atoms with Crippen molar-refractivity contribution >= 4 is 21.5 Å². The number of allylic oxidation sites excluding steroid dienone is 4. The van der Waals surface area contributed by atoms with Gasteiger partial charge in [-0.15, -0.1) is 0 Å². The van der Waals surface area contributed by atoms with Crippen LogP contribution < -0.4 is 0 Å². The fraction of sp³-hybridized carbons (Fsp3) is 0.292. The van der Waals surface area contributed by atoms with Crippen molar-refractivity contribution in [1.29, 1.82) is 0 Å². The number of aromatic nitrogens is 1. The molecule has 0 amide bonds. The van der Waals surface area contributed by atoms with E-state index in [1.54, 1.807) is 0 Å². The highest BCUT2D eigenvalue weighted by molar-refractivity contribution is 6.01. The third-order valence-electron chi connectivity index (χ3n) is 5.32. The van der Waals surface area contributed by atoms with Gasteiger partial charge < -0.3 is 0 Å². The SMILES string of the molecule is CC1C=CC=CC1c1ncc(C(C)(C)C)c2cc3ccccc3cc12. The maximum atomic E-state index is 4.97. The summed E-state index contributed by atoms with van der Waals surface area (Å²) in [7, 11) is 0. The van der Waals surface area contributed by atoms with Crippen LogP contribution in [0.1, 0.15) is 44.9 Å². The molecule has 2 unspecified atom stereocenters. The average molecular weight is 327 g/mol. The molecule has 1 aliphatic rings. The molecule has 126 valence electrons. The lowest BCUT2D eigenvalue weighted by Gasteiger charge is -2.26. The van der Waals surface area contributed by atoms with Crippen LogP contribution in [0.25, 0.3) is 21.5 Å². The Morgan fingerprint density at radius 2 is 1.52 bits per heavy atom. The van der Waals surface area contributed by atoms with Gasteiger partial charge in [-0.2, -0.15) is 0 Å². The lowest BCUT2D eigenvalue weighted by atomic mass is 9.80. The average Bonchev–Trinajstić information content (AvgIpc) is 2.59. The number of pyridine rings is 1. The molecule has 2 aromatic carbocycles. The molecule has 0 saturated heterocycles. The van der Waals surface area contributed by atoms with Crippen LogP contribution in [0, 0.1) is 5.92 Å². The van der Waals surface area contributed by atoms with Crippen LogP contribution in [0.3, 0.4) is 0 Å². The maximum absolute atomic E-state index is 4.97. The largest absolute Gasteiger partial charge is 0.260 e. The summed E-state index contributed by atoms with van der Waals surface area (Å²) >= 11 is 0. The fourth-order valence-electron chi connectivity index (χ4n) is 3.87. The molecule has 0 bridgehead atoms. The molecular formula is C24H25N. The van der Waals surface area contributed by atoms with E-state index in [0.717, 1.165) is 0 Å². The number of nitrogens with zero attached hydrogens (tertiary/aromatic N) is 1. The fourth-order valence-corrected chi connectivity index (χ4v) is 3.87. The summed E-state index contributed by atoms with van der Waals surface area (Å²) in [6.07, 6.45) is 11.0. The summed E-state index contributed by atoms with van der Waals surface area (Å²) in [6, 6.07) is 13.3. The van der Waals surface area contributed by atoms with E-state index in [4.69, 9.17) is 4.98 Å². The van der Waals surface area contributed by atoms with Crippen molar-refractivity contribution < 1.29 is 0 Å². The van der Waals surface area contributed by atoms with Crippen molar-refractivity contribution in [3.63, 3.8) is 0 Å². The first-order chi connectivity index (χ1) is 11.9. The highest BCUT2D eigenvalue weighted by atomic mass is 14.7. The van der Waals surface area contributed by atoms with Crippen molar-refractivity contribution in [3.05, 3.63) is 78.2 Å². The van der Waals surface area contributed by atoms with Crippen molar-refractivity contribution in [3.8, 4) is 0 Å². The summed E-state index contributed by atoms with van der Waals surface area (Å²) in [4.78, 5) is 4.97. The lowest BCUT2D eigenvalue weighted by Crippen LogP contribution is -2.15. The van der Waals surface area contributed by atoms with Gasteiger partial charge in [0.15, 0.2) is 0 Å². The van der Waals surface area contributed by atoms with Gasteiger partial charge >= 0.3 is 0 Å². The highest BCUT2D eigenvalue weighted by Crippen LogP contribution is 2.38. The van der Waals surface area contributed by atoms with E-state index >= 15 is 0 Å². The summed E-state index contributed by atoms with van der Waals surface area (Å²) in [5.74, 6) is 0.801. The van der Waals surface area contributed by atoms with E-state index in [2.05, 4.69) is 94.6 Å². The Hall–Kier alpha value is -2.41. The summed E-state index contributed by atoms with van der Waals surface area (Å²) in [6.45, 7) is 9.08. The minimum Gasteiger partial charge on any atom is -0.260 e. The van der Waals surface area contributed by atoms with E-state index in [9.17, 15) is 0 Å². The Bertz CT molecular complexity index is 1000. The van der Waals surface area contributed by atoms with Crippen LogP contribution in [0.5, 0.6) is 0 Å². The standard InChI is InChI=1S/C24H25N/c1-16-9-5-8-12-19(16)23-21-14-18-11-7-6-10-17(18)13-20(21)22(15-25-23)24(2,3)4/h5-16,19H,1-4H3. The van der Waals surface area contributed by atoms with E-state index in [1.165, 1.54) is 32.8 Å². The topological polar surface area (TPSA) is 12.9 Å². The monoisotopic (exact) mass is 327 g/mol. The predicted molar refractivity (Wildman–Crippen MR) is 108 cm³/mol. The van der Waals surface area contributed by atoms with Gasteiger partial charge in [-0.25, -0.2) is 0 Å². The normalized spacial score (nSPS) is 20.5. The first kappa shape index (κ1) is 16.1. The maximum Gasteiger partial charge on any atom is 0.0556 e. The molecule has 2 atom stereocenters. The quantitative estimate of drug-likeness (QED) is 0.463. The first-order valence-electron chi connectivity index (χ1n) is 9.12. The predicted octanol–water partition coefficient (Wildman–Crippen LogP) is 6.53.